The molecule has 1 unspecified atom stereocenters. The summed E-state index contributed by atoms with van der Waals surface area (Å²) in [4.78, 5) is 10.9. The molecule has 0 spiro atoms. The van der Waals surface area contributed by atoms with Crippen molar-refractivity contribution in [2.75, 3.05) is 0 Å². The summed E-state index contributed by atoms with van der Waals surface area (Å²) >= 11 is 0. The first-order valence-corrected chi connectivity index (χ1v) is 6.48. The molecule has 0 amide bonds. The normalized spacial score (nSPS) is 12.1. The third-order valence-electron chi connectivity index (χ3n) is 2.65. The molecule has 16 heavy (non-hydrogen) atoms. The van der Waals surface area contributed by atoms with Crippen molar-refractivity contribution >= 4 is 5.97 Å². The van der Waals surface area contributed by atoms with Gasteiger partial charge in [0.2, 0.25) is 0 Å². The van der Waals surface area contributed by atoms with Crippen molar-refractivity contribution in [3.63, 3.8) is 0 Å². The van der Waals surface area contributed by atoms with Crippen molar-refractivity contribution in [2.24, 2.45) is 0 Å². The van der Waals surface area contributed by atoms with E-state index in [2.05, 4.69) is 13.5 Å². The van der Waals surface area contributed by atoms with Crippen LogP contribution in [-0.2, 0) is 9.53 Å². The lowest BCUT2D eigenvalue weighted by molar-refractivity contribution is -0.147. The molecule has 0 aliphatic heterocycles. The summed E-state index contributed by atoms with van der Waals surface area (Å²) in [6.45, 7) is 7.36. The molecular weight excluding hydrogens is 200 g/mol. The zero-order chi connectivity index (χ0) is 12.2. The number of ether oxygens (including phenoxy) is 1. The van der Waals surface area contributed by atoms with E-state index in [1.807, 2.05) is 6.08 Å². The van der Waals surface area contributed by atoms with Gasteiger partial charge in [0.15, 0.2) is 0 Å². The van der Waals surface area contributed by atoms with Gasteiger partial charge in [0.05, 0.1) is 0 Å². The Bertz CT molecular complexity index is 187. The number of rotatable bonds is 10. The molecule has 94 valence electrons. The van der Waals surface area contributed by atoms with Gasteiger partial charge in [-0.15, -0.1) is 6.58 Å². The van der Waals surface area contributed by atoms with E-state index in [0.717, 1.165) is 38.5 Å². The SMILES string of the molecule is C=CCCCCCC(CCCC)OC(C)=O. The van der Waals surface area contributed by atoms with Crippen LogP contribution >= 0.6 is 0 Å². The third-order valence-corrected chi connectivity index (χ3v) is 2.65. The lowest BCUT2D eigenvalue weighted by Crippen LogP contribution is -2.16. The van der Waals surface area contributed by atoms with E-state index in [9.17, 15) is 4.79 Å². The van der Waals surface area contributed by atoms with Crippen LogP contribution in [0.25, 0.3) is 0 Å². The zero-order valence-corrected chi connectivity index (χ0v) is 10.8. The Labute approximate surface area is 100 Å². The summed E-state index contributed by atoms with van der Waals surface area (Å²) < 4.78 is 5.30. The summed E-state index contributed by atoms with van der Waals surface area (Å²) in [5.41, 5.74) is 0. The molecule has 0 fully saturated rings. The highest BCUT2D eigenvalue weighted by Gasteiger charge is 2.10. The van der Waals surface area contributed by atoms with E-state index in [4.69, 9.17) is 4.74 Å². The average Bonchev–Trinajstić information content (AvgIpc) is 2.24. The summed E-state index contributed by atoms with van der Waals surface area (Å²) in [5, 5.41) is 0. The Hall–Kier alpha value is -0.790. The molecule has 0 bridgehead atoms. The second kappa shape index (κ2) is 10.7. The number of allylic oxidation sites excluding steroid dienone is 1. The Kier molecular flexibility index (Phi) is 10.2. The molecule has 0 rings (SSSR count). The van der Waals surface area contributed by atoms with Crippen LogP contribution in [0.5, 0.6) is 0 Å². The van der Waals surface area contributed by atoms with Crippen LogP contribution in [0, 0.1) is 0 Å². The molecule has 2 heteroatoms. The third kappa shape index (κ3) is 9.75. The number of unbranched alkanes of at least 4 members (excludes halogenated alkanes) is 4. The fraction of sp³-hybridized carbons (Fsp3) is 0.786. The molecular formula is C14H26O2. The van der Waals surface area contributed by atoms with Gasteiger partial charge >= 0.3 is 5.97 Å². The standard InChI is InChI=1S/C14H26O2/c1-4-6-8-9-10-12-14(11-7-5-2)16-13(3)15/h4,14H,1,5-12H2,2-3H3. The maximum Gasteiger partial charge on any atom is 0.302 e. The molecule has 0 N–H and O–H groups in total. The monoisotopic (exact) mass is 226 g/mol. The van der Waals surface area contributed by atoms with E-state index >= 15 is 0 Å². The van der Waals surface area contributed by atoms with Gasteiger partial charge in [-0.2, -0.15) is 0 Å². The summed E-state index contributed by atoms with van der Waals surface area (Å²) in [6, 6.07) is 0. The highest BCUT2D eigenvalue weighted by molar-refractivity contribution is 5.66. The maximum absolute atomic E-state index is 10.9. The van der Waals surface area contributed by atoms with Crippen LogP contribution in [0.4, 0.5) is 0 Å². The molecule has 0 aliphatic carbocycles. The van der Waals surface area contributed by atoms with Gasteiger partial charge in [0, 0.05) is 6.92 Å². The van der Waals surface area contributed by atoms with Crippen molar-refractivity contribution in [2.45, 2.75) is 71.3 Å². The minimum atomic E-state index is -0.146. The molecule has 0 saturated heterocycles. The Balaban J connectivity index is 3.64. The molecule has 0 heterocycles. The van der Waals surface area contributed by atoms with Gasteiger partial charge in [-0.3, -0.25) is 4.79 Å². The lowest BCUT2D eigenvalue weighted by Gasteiger charge is -2.16. The van der Waals surface area contributed by atoms with Gasteiger partial charge in [0.1, 0.15) is 6.10 Å². The fourth-order valence-corrected chi connectivity index (χ4v) is 1.77. The van der Waals surface area contributed by atoms with Crippen molar-refractivity contribution in [1.82, 2.24) is 0 Å². The minimum absolute atomic E-state index is 0.140. The highest BCUT2D eigenvalue weighted by Crippen LogP contribution is 2.14. The quantitative estimate of drug-likeness (QED) is 0.316. The highest BCUT2D eigenvalue weighted by atomic mass is 16.5. The minimum Gasteiger partial charge on any atom is -0.463 e. The molecule has 0 aromatic heterocycles. The van der Waals surface area contributed by atoms with Gasteiger partial charge in [-0.1, -0.05) is 32.3 Å². The summed E-state index contributed by atoms with van der Waals surface area (Å²) in [7, 11) is 0. The molecule has 0 aromatic carbocycles. The Morgan fingerprint density at radius 3 is 2.50 bits per heavy atom. The van der Waals surface area contributed by atoms with Gasteiger partial charge in [0.25, 0.3) is 0 Å². The predicted octanol–water partition coefficient (Wildman–Crippen LogP) is 4.24. The lowest BCUT2D eigenvalue weighted by atomic mass is 10.0. The molecule has 0 saturated carbocycles. The van der Waals surface area contributed by atoms with Crippen LogP contribution in [0.2, 0.25) is 0 Å². The summed E-state index contributed by atoms with van der Waals surface area (Å²) in [6.07, 6.45) is 11.1. The predicted molar refractivity (Wildman–Crippen MR) is 68.4 cm³/mol. The van der Waals surface area contributed by atoms with Crippen LogP contribution in [0.1, 0.15) is 65.2 Å². The fourth-order valence-electron chi connectivity index (χ4n) is 1.77. The molecule has 2 nitrogen and oxygen atoms in total. The van der Waals surface area contributed by atoms with E-state index in [0.29, 0.717) is 0 Å². The first kappa shape index (κ1) is 15.2. The average molecular weight is 226 g/mol. The number of hydrogen-bond donors (Lipinski definition) is 0. The number of hydrogen-bond acceptors (Lipinski definition) is 2. The topological polar surface area (TPSA) is 26.3 Å². The van der Waals surface area contributed by atoms with Gasteiger partial charge in [-0.25, -0.2) is 0 Å². The zero-order valence-electron chi connectivity index (χ0n) is 10.8. The van der Waals surface area contributed by atoms with Crippen LogP contribution in [0.15, 0.2) is 12.7 Å². The maximum atomic E-state index is 10.9. The largest absolute Gasteiger partial charge is 0.463 e. The van der Waals surface area contributed by atoms with Crippen LogP contribution in [-0.4, -0.2) is 12.1 Å². The van der Waals surface area contributed by atoms with Crippen LogP contribution in [0.3, 0.4) is 0 Å². The Morgan fingerprint density at radius 1 is 1.25 bits per heavy atom. The number of carbonyl (C=O) groups is 1. The van der Waals surface area contributed by atoms with Crippen molar-refractivity contribution in [1.29, 1.82) is 0 Å². The molecule has 1 atom stereocenters. The number of esters is 1. The second-order valence-electron chi connectivity index (χ2n) is 4.30. The smallest absolute Gasteiger partial charge is 0.302 e. The first-order valence-electron chi connectivity index (χ1n) is 6.48. The van der Waals surface area contributed by atoms with Crippen molar-refractivity contribution < 1.29 is 9.53 Å². The molecule has 0 aromatic rings. The Morgan fingerprint density at radius 2 is 1.94 bits per heavy atom. The van der Waals surface area contributed by atoms with E-state index in [1.54, 1.807) is 0 Å². The second-order valence-corrected chi connectivity index (χ2v) is 4.30. The number of carbonyl (C=O) groups excluding carboxylic acids is 1. The van der Waals surface area contributed by atoms with Crippen LogP contribution < -0.4 is 0 Å². The van der Waals surface area contributed by atoms with Gasteiger partial charge < -0.3 is 4.74 Å². The molecule has 0 radical (unpaired) electrons. The summed E-state index contributed by atoms with van der Waals surface area (Å²) in [5.74, 6) is -0.146. The van der Waals surface area contributed by atoms with Gasteiger partial charge in [-0.05, 0) is 32.1 Å². The van der Waals surface area contributed by atoms with Crippen molar-refractivity contribution in [3.8, 4) is 0 Å². The van der Waals surface area contributed by atoms with E-state index < -0.39 is 0 Å². The molecule has 0 aliphatic rings. The van der Waals surface area contributed by atoms with E-state index in [1.165, 1.54) is 19.8 Å². The van der Waals surface area contributed by atoms with E-state index in [-0.39, 0.29) is 12.1 Å². The van der Waals surface area contributed by atoms with Crippen molar-refractivity contribution in [3.05, 3.63) is 12.7 Å². The first-order chi connectivity index (χ1) is 7.70.